The van der Waals surface area contributed by atoms with Crippen LogP contribution in [0.15, 0.2) is 0 Å². The van der Waals surface area contributed by atoms with Crippen molar-refractivity contribution in [2.75, 3.05) is 33.0 Å². The quantitative estimate of drug-likeness (QED) is 0.0612. The van der Waals surface area contributed by atoms with Crippen molar-refractivity contribution in [3.63, 3.8) is 0 Å². The first kappa shape index (κ1) is 88.3. The van der Waals surface area contributed by atoms with E-state index in [9.17, 15) is 4.79 Å². The molecule has 7 heteroatoms. The van der Waals surface area contributed by atoms with Gasteiger partial charge in [-0.3, -0.25) is 4.79 Å². The molecule has 1 rings (SSSR count). The molecule has 7 nitrogen and oxygen atoms in total. The minimum absolute atomic E-state index is 0.0770. The molecule has 5 atom stereocenters. The fourth-order valence-corrected chi connectivity index (χ4v) is 14.2. The number of unbranched alkanes of at least 4 members (excludes halogenated alkanes) is 64. The Hall–Kier alpha value is -0.730. The van der Waals surface area contributed by atoms with Crippen LogP contribution >= 0.6 is 0 Å². The second-order valence-corrected chi connectivity index (χ2v) is 29.5. The van der Waals surface area contributed by atoms with E-state index in [0.29, 0.717) is 26.4 Å². The summed E-state index contributed by atoms with van der Waals surface area (Å²) in [5.41, 5.74) is 0. The lowest BCUT2D eigenvalue weighted by Gasteiger charge is -2.46. The summed E-state index contributed by atoms with van der Waals surface area (Å²) in [6.45, 7) is 14.0. The molecule has 1 saturated heterocycles. The number of rotatable bonds is 78. The predicted octanol–water partition coefficient (Wildman–Crippen LogP) is 27.6. The standard InChI is InChI=1S/C84H167NO6/c1-6-10-14-18-22-26-30-34-38-42-46-50-54-58-62-66-70-74-87-78-80-82(88-75-71-67-63-59-55-51-47-43-39-35-31-27-23-19-15-11-7-2)83(89-76-72-68-64-60-56-52-48-44-40-36-32-28-24-20-16-12-8-3)81(85-79(5)86)84(91-80)90-77-73-69-65-61-57-53-49-45-41-37-33-29-25-21-17-13-9-4/h80-84H,6-78H2,1-5H3,(H,85,86)/t80-,81-,82+,83-,84?/m1/s1. The fourth-order valence-electron chi connectivity index (χ4n) is 14.2. The number of hydrogen-bond donors (Lipinski definition) is 1. The van der Waals surface area contributed by atoms with E-state index in [1.54, 1.807) is 6.92 Å². The number of nitrogens with one attached hydrogen (secondary N) is 1. The molecule has 1 heterocycles. The van der Waals surface area contributed by atoms with E-state index in [4.69, 9.17) is 23.7 Å². The maximum absolute atomic E-state index is 13.1. The number of hydrogen-bond acceptors (Lipinski definition) is 6. The number of ether oxygens (including phenoxy) is 5. The van der Waals surface area contributed by atoms with Gasteiger partial charge >= 0.3 is 0 Å². The normalized spacial score (nSPS) is 16.8. The summed E-state index contributed by atoms with van der Waals surface area (Å²) < 4.78 is 34.2. The van der Waals surface area contributed by atoms with E-state index in [0.717, 1.165) is 38.7 Å². The van der Waals surface area contributed by atoms with Gasteiger partial charge in [-0.15, -0.1) is 0 Å². The SMILES string of the molecule is CCCCCCCCCCCCCCCCCCCOC[C@H]1OC(OCCCCCCCCCCCCCCCCCCC)[C@H](NC(C)=O)[C@@H](OCCCCCCCCCCCCCCCCCCC)[C@H]1OCCCCCCCCCCCCCCCCCCC. The van der Waals surface area contributed by atoms with Crippen LogP contribution in [-0.2, 0) is 28.5 Å². The maximum atomic E-state index is 13.1. The van der Waals surface area contributed by atoms with Crippen molar-refractivity contribution < 1.29 is 28.5 Å². The van der Waals surface area contributed by atoms with E-state index < -0.39 is 12.3 Å². The lowest BCUT2D eigenvalue weighted by Crippen LogP contribution is -2.66. The van der Waals surface area contributed by atoms with Crippen LogP contribution in [-0.4, -0.2) is 69.6 Å². The van der Waals surface area contributed by atoms with Gasteiger partial charge in [-0.1, -0.05) is 439 Å². The van der Waals surface area contributed by atoms with Crippen LogP contribution in [0, 0.1) is 0 Å². The first-order valence-corrected chi connectivity index (χ1v) is 42.4. The summed E-state index contributed by atoms with van der Waals surface area (Å²) in [4.78, 5) is 13.1. The van der Waals surface area contributed by atoms with Crippen molar-refractivity contribution in [2.24, 2.45) is 0 Å². The van der Waals surface area contributed by atoms with Crippen molar-refractivity contribution in [3.8, 4) is 0 Å². The van der Waals surface area contributed by atoms with Gasteiger partial charge < -0.3 is 29.0 Å². The molecular formula is C84H167NO6. The predicted molar refractivity (Wildman–Crippen MR) is 399 cm³/mol. The summed E-state index contributed by atoms with van der Waals surface area (Å²) in [5, 5.41) is 3.30. The van der Waals surface area contributed by atoms with E-state index in [1.165, 1.54) is 405 Å². The third kappa shape index (κ3) is 62.5. The Labute approximate surface area is 571 Å². The minimum Gasteiger partial charge on any atom is -0.379 e. The Balaban J connectivity index is 2.83. The largest absolute Gasteiger partial charge is 0.379 e. The van der Waals surface area contributed by atoms with E-state index in [2.05, 4.69) is 33.0 Å². The average Bonchev–Trinajstić information content (AvgIpc) is 0.893. The molecule has 0 spiro atoms. The molecule has 544 valence electrons. The highest BCUT2D eigenvalue weighted by atomic mass is 16.7. The molecule has 1 amide bonds. The Kier molecular flexibility index (Phi) is 72.8. The zero-order valence-electron chi connectivity index (χ0n) is 63.0. The van der Waals surface area contributed by atoms with Gasteiger partial charge in [0.25, 0.3) is 0 Å². The van der Waals surface area contributed by atoms with E-state index >= 15 is 0 Å². The van der Waals surface area contributed by atoms with Gasteiger partial charge in [0.2, 0.25) is 5.91 Å². The summed E-state index contributed by atoms with van der Waals surface area (Å²) in [5.74, 6) is -0.0770. The summed E-state index contributed by atoms with van der Waals surface area (Å²) in [6.07, 6.45) is 90.7. The van der Waals surface area contributed by atoms with Crippen LogP contribution < -0.4 is 5.32 Å². The molecule has 0 saturated carbocycles. The van der Waals surface area contributed by atoms with Crippen molar-refractivity contribution in [1.29, 1.82) is 0 Å². The topological polar surface area (TPSA) is 75.2 Å². The van der Waals surface area contributed by atoms with Crippen LogP contribution in [0.3, 0.4) is 0 Å². The Morgan fingerprint density at radius 2 is 0.462 bits per heavy atom. The molecule has 0 aromatic heterocycles. The highest BCUT2D eigenvalue weighted by molar-refractivity contribution is 5.73. The molecule has 1 aliphatic heterocycles. The van der Waals surface area contributed by atoms with Gasteiger partial charge in [-0.05, 0) is 25.7 Å². The van der Waals surface area contributed by atoms with Gasteiger partial charge in [0.15, 0.2) is 6.29 Å². The molecule has 91 heavy (non-hydrogen) atoms. The first-order chi connectivity index (χ1) is 45.1. The summed E-state index contributed by atoms with van der Waals surface area (Å²) >= 11 is 0. The molecule has 1 fully saturated rings. The highest BCUT2D eigenvalue weighted by Gasteiger charge is 2.48. The average molecular weight is 1290 g/mol. The Morgan fingerprint density at radius 1 is 0.264 bits per heavy atom. The van der Waals surface area contributed by atoms with Crippen LogP contribution in [0.2, 0.25) is 0 Å². The van der Waals surface area contributed by atoms with Crippen LogP contribution in [0.5, 0.6) is 0 Å². The first-order valence-electron chi connectivity index (χ1n) is 42.4. The third-order valence-corrected chi connectivity index (χ3v) is 20.3. The van der Waals surface area contributed by atoms with Gasteiger partial charge in [0, 0.05) is 33.4 Å². The number of carbonyl (C=O) groups is 1. The van der Waals surface area contributed by atoms with Gasteiger partial charge in [-0.25, -0.2) is 0 Å². The zero-order valence-corrected chi connectivity index (χ0v) is 63.0. The van der Waals surface area contributed by atoms with Crippen molar-refractivity contribution in [1.82, 2.24) is 5.32 Å². The highest BCUT2D eigenvalue weighted by Crippen LogP contribution is 2.30. The van der Waals surface area contributed by atoms with E-state index in [1.807, 2.05) is 0 Å². The molecule has 0 aromatic rings. The van der Waals surface area contributed by atoms with Crippen molar-refractivity contribution in [3.05, 3.63) is 0 Å². The van der Waals surface area contributed by atoms with Crippen LogP contribution in [0.1, 0.15) is 471 Å². The second-order valence-electron chi connectivity index (χ2n) is 29.5. The molecule has 1 unspecified atom stereocenters. The molecule has 0 radical (unpaired) electrons. The van der Waals surface area contributed by atoms with Crippen molar-refractivity contribution in [2.45, 2.75) is 502 Å². The molecule has 0 aromatic carbocycles. The Bertz CT molecular complexity index is 1360. The Morgan fingerprint density at radius 3 is 0.692 bits per heavy atom. The minimum atomic E-state index is -0.611. The van der Waals surface area contributed by atoms with E-state index in [-0.39, 0.29) is 24.2 Å². The van der Waals surface area contributed by atoms with Gasteiger partial charge in [0.1, 0.15) is 24.4 Å². The summed E-state index contributed by atoms with van der Waals surface area (Å²) in [6, 6.07) is -0.448. The fraction of sp³-hybridized carbons (Fsp3) is 0.988. The summed E-state index contributed by atoms with van der Waals surface area (Å²) in [7, 11) is 0. The lowest BCUT2D eigenvalue weighted by molar-refractivity contribution is -0.287. The van der Waals surface area contributed by atoms with Gasteiger partial charge in [-0.2, -0.15) is 0 Å². The van der Waals surface area contributed by atoms with Gasteiger partial charge in [0.05, 0.1) is 6.61 Å². The monoisotopic (exact) mass is 1290 g/mol. The molecule has 1 aliphatic rings. The second kappa shape index (κ2) is 75.0. The van der Waals surface area contributed by atoms with Crippen LogP contribution in [0.4, 0.5) is 0 Å². The molecule has 1 N–H and O–H groups in total. The zero-order chi connectivity index (χ0) is 65.3. The maximum Gasteiger partial charge on any atom is 0.217 e. The molecular weight excluding hydrogens is 1120 g/mol. The molecule has 0 bridgehead atoms. The number of carbonyl (C=O) groups excluding carboxylic acids is 1. The molecule has 0 aliphatic carbocycles. The smallest absolute Gasteiger partial charge is 0.217 e. The lowest BCUT2D eigenvalue weighted by atomic mass is 9.95. The third-order valence-electron chi connectivity index (χ3n) is 20.3. The van der Waals surface area contributed by atoms with Crippen molar-refractivity contribution >= 4 is 5.91 Å². The van der Waals surface area contributed by atoms with Crippen LogP contribution in [0.25, 0.3) is 0 Å². The number of amides is 1.